The van der Waals surface area contributed by atoms with E-state index in [-0.39, 0.29) is 22.9 Å². The number of benzene rings is 3. The largest absolute Gasteiger partial charge is 0.294 e. The molecule has 4 rings (SSSR count). The van der Waals surface area contributed by atoms with Crippen molar-refractivity contribution >= 4 is 34.0 Å². The fourth-order valence-corrected chi connectivity index (χ4v) is 3.47. The van der Waals surface area contributed by atoms with Crippen LogP contribution in [0.1, 0.15) is 15.9 Å². The van der Waals surface area contributed by atoms with Gasteiger partial charge in [0, 0.05) is 35.1 Å². The standard InChI is InChI=1S/C23H15ClN2O3/c24-20-13-17(26(28)29)11-10-16(20)12-23(27)19-14-22(15-6-2-1-3-7-15)25-21-9-5-4-8-18(19)21/h1-11,13-14H,12H2. The van der Waals surface area contributed by atoms with E-state index in [2.05, 4.69) is 0 Å². The predicted molar refractivity (Wildman–Crippen MR) is 113 cm³/mol. The van der Waals surface area contributed by atoms with Crippen LogP contribution in [0.3, 0.4) is 0 Å². The topological polar surface area (TPSA) is 73.1 Å². The van der Waals surface area contributed by atoms with Crippen LogP contribution in [0.15, 0.2) is 78.9 Å². The summed E-state index contributed by atoms with van der Waals surface area (Å²) in [5, 5.41) is 11.9. The van der Waals surface area contributed by atoms with E-state index in [0.717, 1.165) is 16.5 Å². The van der Waals surface area contributed by atoms with Crippen LogP contribution in [0.5, 0.6) is 0 Å². The Labute approximate surface area is 171 Å². The van der Waals surface area contributed by atoms with Crippen LogP contribution in [-0.4, -0.2) is 15.7 Å². The molecular weight excluding hydrogens is 388 g/mol. The first-order valence-corrected chi connectivity index (χ1v) is 9.32. The smallest absolute Gasteiger partial charge is 0.270 e. The number of nitrogens with zero attached hydrogens (tertiary/aromatic N) is 2. The molecule has 29 heavy (non-hydrogen) atoms. The van der Waals surface area contributed by atoms with Gasteiger partial charge < -0.3 is 0 Å². The van der Waals surface area contributed by atoms with Crippen LogP contribution in [-0.2, 0) is 6.42 Å². The fourth-order valence-electron chi connectivity index (χ4n) is 3.22. The SMILES string of the molecule is O=C(Cc1ccc([N+](=O)[O-])cc1Cl)c1cc(-c2ccccc2)nc2ccccc12. The maximum atomic E-state index is 13.2. The zero-order valence-corrected chi connectivity index (χ0v) is 16.0. The molecule has 3 aromatic carbocycles. The molecule has 0 aliphatic carbocycles. The summed E-state index contributed by atoms with van der Waals surface area (Å²) in [6.07, 6.45) is 0.0407. The quantitative estimate of drug-likeness (QED) is 0.237. The minimum atomic E-state index is -0.514. The Kier molecular flexibility index (Phi) is 5.06. The van der Waals surface area contributed by atoms with Gasteiger partial charge in [-0.05, 0) is 17.7 Å². The molecule has 0 unspecified atom stereocenters. The summed E-state index contributed by atoms with van der Waals surface area (Å²) >= 11 is 6.18. The van der Waals surface area contributed by atoms with Crippen LogP contribution in [0.25, 0.3) is 22.2 Å². The summed E-state index contributed by atoms with van der Waals surface area (Å²) in [5.74, 6) is -0.128. The fraction of sp³-hybridized carbons (Fsp3) is 0.0435. The number of Topliss-reactive ketones (excluding diaryl/α,β-unsaturated/α-hetero) is 1. The number of rotatable bonds is 5. The van der Waals surface area contributed by atoms with Crippen molar-refractivity contribution in [3.63, 3.8) is 0 Å². The van der Waals surface area contributed by atoms with E-state index >= 15 is 0 Å². The van der Waals surface area contributed by atoms with Gasteiger partial charge in [-0.1, -0.05) is 66.2 Å². The Morgan fingerprint density at radius 1 is 0.966 bits per heavy atom. The van der Waals surface area contributed by atoms with Gasteiger partial charge in [0.15, 0.2) is 5.78 Å². The molecule has 0 fully saturated rings. The van der Waals surface area contributed by atoms with Gasteiger partial charge >= 0.3 is 0 Å². The first kappa shape index (κ1) is 18.8. The number of non-ortho nitro benzene ring substituents is 1. The van der Waals surface area contributed by atoms with E-state index < -0.39 is 4.92 Å². The van der Waals surface area contributed by atoms with Gasteiger partial charge in [-0.2, -0.15) is 0 Å². The zero-order valence-electron chi connectivity index (χ0n) is 15.2. The highest BCUT2D eigenvalue weighted by molar-refractivity contribution is 6.32. The lowest BCUT2D eigenvalue weighted by atomic mass is 9.97. The van der Waals surface area contributed by atoms with Gasteiger partial charge in [0.25, 0.3) is 5.69 Å². The summed E-state index contributed by atoms with van der Waals surface area (Å²) in [5.41, 5.74) is 3.34. The number of hydrogen-bond acceptors (Lipinski definition) is 4. The Morgan fingerprint density at radius 3 is 2.41 bits per heavy atom. The number of hydrogen-bond donors (Lipinski definition) is 0. The number of pyridine rings is 1. The lowest BCUT2D eigenvalue weighted by molar-refractivity contribution is -0.384. The van der Waals surface area contributed by atoms with Crippen molar-refractivity contribution in [3.8, 4) is 11.3 Å². The molecule has 0 amide bonds. The van der Waals surface area contributed by atoms with Gasteiger partial charge in [-0.15, -0.1) is 0 Å². The second-order valence-corrected chi connectivity index (χ2v) is 6.98. The lowest BCUT2D eigenvalue weighted by Crippen LogP contribution is -2.06. The number of halogens is 1. The van der Waals surface area contributed by atoms with Crippen molar-refractivity contribution in [2.45, 2.75) is 6.42 Å². The third-order valence-electron chi connectivity index (χ3n) is 4.68. The van der Waals surface area contributed by atoms with E-state index in [1.807, 2.05) is 54.6 Å². The minimum absolute atomic E-state index is 0.0407. The van der Waals surface area contributed by atoms with Gasteiger partial charge in [-0.3, -0.25) is 14.9 Å². The summed E-state index contributed by atoms with van der Waals surface area (Å²) in [7, 11) is 0. The van der Waals surface area contributed by atoms with Crippen LogP contribution in [0, 0.1) is 10.1 Å². The average Bonchev–Trinajstić information content (AvgIpc) is 2.74. The number of carbonyl (C=O) groups excluding carboxylic acids is 1. The average molecular weight is 403 g/mol. The predicted octanol–water partition coefficient (Wildman–Crippen LogP) is 5.89. The van der Waals surface area contributed by atoms with Crippen molar-refractivity contribution in [3.05, 3.63) is 105 Å². The number of para-hydroxylation sites is 1. The molecule has 0 atom stereocenters. The first-order valence-electron chi connectivity index (χ1n) is 8.94. The van der Waals surface area contributed by atoms with E-state index in [9.17, 15) is 14.9 Å². The van der Waals surface area contributed by atoms with Crippen LogP contribution < -0.4 is 0 Å². The number of ketones is 1. The highest BCUT2D eigenvalue weighted by atomic mass is 35.5. The number of carbonyl (C=O) groups is 1. The molecule has 0 saturated heterocycles. The molecule has 0 radical (unpaired) electrons. The van der Waals surface area contributed by atoms with Crippen LogP contribution >= 0.6 is 11.6 Å². The second kappa shape index (κ2) is 7.81. The van der Waals surface area contributed by atoms with Crippen molar-refractivity contribution in [1.29, 1.82) is 0 Å². The van der Waals surface area contributed by atoms with Crippen molar-refractivity contribution in [1.82, 2.24) is 4.98 Å². The highest BCUT2D eigenvalue weighted by Gasteiger charge is 2.17. The Hall–Kier alpha value is -3.57. The van der Waals surface area contributed by atoms with E-state index in [0.29, 0.717) is 16.8 Å². The molecule has 0 bridgehead atoms. The van der Waals surface area contributed by atoms with Crippen molar-refractivity contribution < 1.29 is 9.72 Å². The zero-order chi connectivity index (χ0) is 20.4. The van der Waals surface area contributed by atoms with Gasteiger partial charge in [0.05, 0.1) is 21.2 Å². The molecule has 142 valence electrons. The summed E-state index contributed by atoms with van der Waals surface area (Å²) in [6, 6.07) is 23.1. The molecule has 4 aromatic rings. The number of aromatic nitrogens is 1. The maximum Gasteiger partial charge on any atom is 0.270 e. The third-order valence-corrected chi connectivity index (χ3v) is 5.04. The van der Waals surface area contributed by atoms with Crippen LogP contribution in [0.2, 0.25) is 5.02 Å². The van der Waals surface area contributed by atoms with Crippen molar-refractivity contribution in [2.24, 2.45) is 0 Å². The first-order chi connectivity index (χ1) is 14.0. The number of nitro groups is 1. The third kappa shape index (κ3) is 3.86. The van der Waals surface area contributed by atoms with E-state index in [1.165, 1.54) is 18.2 Å². The molecule has 1 heterocycles. The molecule has 0 N–H and O–H groups in total. The molecule has 1 aromatic heterocycles. The van der Waals surface area contributed by atoms with E-state index in [1.54, 1.807) is 6.07 Å². The highest BCUT2D eigenvalue weighted by Crippen LogP contribution is 2.28. The molecule has 6 heteroatoms. The molecule has 0 saturated carbocycles. The number of fused-ring (bicyclic) bond motifs is 1. The van der Waals surface area contributed by atoms with Gasteiger partial charge in [0.2, 0.25) is 0 Å². The Bertz CT molecular complexity index is 1240. The Balaban J connectivity index is 1.76. The molecule has 0 aliphatic heterocycles. The molecular formula is C23H15ClN2O3. The molecule has 0 spiro atoms. The molecule has 5 nitrogen and oxygen atoms in total. The minimum Gasteiger partial charge on any atom is -0.294 e. The van der Waals surface area contributed by atoms with Gasteiger partial charge in [0.1, 0.15) is 0 Å². The maximum absolute atomic E-state index is 13.2. The van der Waals surface area contributed by atoms with Gasteiger partial charge in [-0.25, -0.2) is 4.98 Å². The van der Waals surface area contributed by atoms with Crippen LogP contribution in [0.4, 0.5) is 5.69 Å². The monoisotopic (exact) mass is 402 g/mol. The Morgan fingerprint density at radius 2 is 1.69 bits per heavy atom. The summed E-state index contributed by atoms with van der Waals surface area (Å²) < 4.78 is 0. The second-order valence-electron chi connectivity index (χ2n) is 6.57. The molecule has 0 aliphatic rings. The van der Waals surface area contributed by atoms with E-state index in [4.69, 9.17) is 16.6 Å². The summed E-state index contributed by atoms with van der Waals surface area (Å²) in [4.78, 5) is 28.2. The number of nitro benzene ring substituents is 1. The normalized spacial score (nSPS) is 10.8. The lowest BCUT2D eigenvalue weighted by Gasteiger charge is -2.10. The van der Waals surface area contributed by atoms with Crippen molar-refractivity contribution in [2.75, 3.05) is 0 Å². The summed E-state index contributed by atoms with van der Waals surface area (Å²) in [6.45, 7) is 0.